The Morgan fingerprint density at radius 2 is 2.00 bits per heavy atom. The summed E-state index contributed by atoms with van der Waals surface area (Å²) in [5, 5.41) is 9.15. The monoisotopic (exact) mass is 265 g/mol. The van der Waals surface area contributed by atoms with Gasteiger partial charge in [-0.2, -0.15) is 0 Å². The zero-order chi connectivity index (χ0) is 13.5. The number of benzene rings is 1. The first kappa shape index (κ1) is 12.4. The fourth-order valence-corrected chi connectivity index (χ4v) is 3.01. The van der Waals surface area contributed by atoms with E-state index >= 15 is 0 Å². The van der Waals surface area contributed by atoms with E-state index in [1.165, 1.54) is 6.07 Å². The Morgan fingerprint density at radius 3 is 2.63 bits per heavy atom. The Balaban J connectivity index is 1.79. The molecule has 2 fully saturated rings. The molecule has 19 heavy (non-hydrogen) atoms. The molecule has 5 heteroatoms. The summed E-state index contributed by atoms with van der Waals surface area (Å²) >= 11 is 0. The summed E-state index contributed by atoms with van der Waals surface area (Å²) in [6.45, 7) is 3.23. The van der Waals surface area contributed by atoms with Crippen LogP contribution in [0.4, 0.5) is 10.1 Å². The summed E-state index contributed by atoms with van der Waals surface area (Å²) in [5.41, 5.74) is 0.926. The van der Waals surface area contributed by atoms with Gasteiger partial charge in [0, 0.05) is 31.7 Å². The van der Waals surface area contributed by atoms with Crippen molar-refractivity contribution in [2.24, 2.45) is 5.41 Å². The second-order valence-corrected chi connectivity index (χ2v) is 5.44. The van der Waals surface area contributed by atoms with E-state index in [0.29, 0.717) is 5.69 Å². The third-order valence-electron chi connectivity index (χ3n) is 4.14. The molecule has 0 unspecified atom stereocenters. The van der Waals surface area contributed by atoms with Crippen LogP contribution >= 0.6 is 0 Å². The van der Waals surface area contributed by atoms with Crippen LogP contribution in [0.2, 0.25) is 0 Å². The lowest BCUT2D eigenvalue weighted by atomic mass is 9.73. The molecule has 102 valence electrons. The van der Waals surface area contributed by atoms with E-state index in [0.717, 1.165) is 45.2 Å². The lowest BCUT2D eigenvalue weighted by Crippen LogP contribution is -2.58. The Hall–Kier alpha value is -1.62. The van der Waals surface area contributed by atoms with E-state index in [4.69, 9.17) is 9.84 Å². The number of aromatic carboxylic acids is 1. The number of carbonyl (C=O) groups is 1. The van der Waals surface area contributed by atoms with Crippen LogP contribution in [-0.4, -0.2) is 37.4 Å². The van der Waals surface area contributed by atoms with Crippen molar-refractivity contribution in [3.05, 3.63) is 29.6 Å². The number of hydrogen-bond donors (Lipinski definition) is 1. The van der Waals surface area contributed by atoms with E-state index in [9.17, 15) is 9.18 Å². The number of carboxylic acid groups (broad SMARTS) is 1. The van der Waals surface area contributed by atoms with Crippen molar-refractivity contribution >= 4 is 11.7 Å². The van der Waals surface area contributed by atoms with Gasteiger partial charge in [-0.15, -0.1) is 0 Å². The maximum absolute atomic E-state index is 13.1. The second-order valence-electron chi connectivity index (χ2n) is 5.44. The van der Waals surface area contributed by atoms with Crippen molar-refractivity contribution in [1.29, 1.82) is 0 Å². The fourth-order valence-electron chi connectivity index (χ4n) is 3.01. The van der Waals surface area contributed by atoms with Crippen molar-refractivity contribution in [2.45, 2.75) is 12.8 Å². The first-order chi connectivity index (χ1) is 9.10. The predicted octanol–water partition coefficient (Wildman–Crippen LogP) is 2.14. The summed E-state index contributed by atoms with van der Waals surface area (Å²) in [6.07, 6.45) is 2.04. The molecular formula is C14H16FNO3. The fraction of sp³-hybridized carbons (Fsp3) is 0.500. The topological polar surface area (TPSA) is 49.8 Å². The molecule has 0 atom stereocenters. The number of carboxylic acids is 1. The SMILES string of the molecule is O=C(O)c1cc(F)ccc1N1CC2(CCOCC2)C1. The van der Waals surface area contributed by atoms with E-state index in [1.807, 2.05) is 4.90 Å². The molecule has 0 radical (unpaired) electrons. The molecule has 1 aromatic carbocycles. The normalized spacial score (nSPS) is 21.2. The lowest BCUT2D eigenvalue weighted by molar-refractivity contribution is -0.000301. The number of nitrogens with zero attached hydrogens (tertiary/aromatic N) is 1. The molecule has 1 N–H and O–H groups in total. The minimum atomic E-state index is -1.08. The van der Waals surface area contributed by atoms with Crippen LogP contribution in [-0.2, 0) is 4.74 Å². The Bertz CT molecular complexity index is 503. The standard InChI is InChI=1S/C14H16FNO3/c15-10-1-2-12(11(7-10)13(17)18)16-8-14(9-16)3-5-19-6-4-14/h1-2,7H,3-6,8-9H2,(H,17,18). The summed E-state index contributed by atoms with van der Waals surface area (Å²) < 4.78 is 18.5. The molecule has 2 aliphatic rings. The van der Waals surface area contributed by atoms with Crippen molar-refractivity contribution in [3.8, 4) is 0 Å². The number of rotatable bonds is 2. The summed E-state index contributed by atoms with van der Waals surface area (Å²) in [7, 11) is 0. The van der Waals surface area contributed by atoms with E-state index in [-0.39, 0.29) is 11.0 Å². The van der Waals surface area contributed by atoms with Gasteiger partial charge in [-0.25, -0.2) is 9.18 Å². The van der Waals surface area contributed by atoms with Gasteiger partial charge in [0.1, 0.15) is 5.82 Å². The van der Waals surface area contributed by atoms with Crippen LogP contribution in [0.15, 0.2) is 18.2 Å². The van der Waals surface area contributed by atoms with Gasteiger partial charge in [0.2, 0.25) is 0 Å². The molecule has 0 bridgehead atoms. The van der Waals surface area contributed by atoms with Gasteiger partial charge >= 0.3 is 5.97 Å². The number of anilines is 1. The first-order valence-corrected chi connectivity index (χ1v) is 6.45. The molecule has 3 rings (SSSR count). The van der Waals surface area contributed by atoms with Crippen molar-refractivity contribution in [3.63, 3.8) is 0 Å². The predicted molar refractivity (Wildman–Crippen MR) is 68.1 cm³/mol. The molecule has 0 amide bonds. The average molecular weight is 265 g/mol. The molecule has 1 spiro atoms. The first-order valence-electron chi connectivity index (χ1n) is 6.45. The van der Waals surface area contributed by atoms with E-state index < -0.39 is 11.8 Å². The van der Waals surface area contributed by atoms with Crippen LogP contribution in [0, 0.1) is 11.2 Å². The van der Waals surface area contributed by atoms with Gasteiger partial charge in [0.25, 0.3) is 0 Å². The van der Waals surface area contributed by atoms with Crippen LogP contribution < -0.4 is 4.90 Å². The molecule has 0 saturated carbocycles. The lowest BCUT2D eigenvalue weighted by Gasteiger charge is -2.53. The average Bonchev–Trinajstić information content (AvgIpc) is 2.37. The Morgan fingerprint density at radius 1 is 1.32 bits per heavy atom. The van der Waals surface area contributed by atoms with Gasteiger partial charge in [-0.3, -0.25) is 0 Å². The summed E-state index contributed by atoms with van der Waals surface area (Å²) in [4.78, 5) is 13.2. The Kier molecular flexibility index (Phi) is 2.93. The minimum absolute atomic E-state index is 0.0434. The third kappa shape index (κ3) is 2.18. The van der Waals surface area contributed by atoms with Crippen LogP contribution in [0.3, 0.4) is 0 Å². The quantitative estimate of drug-likeness (QED) is 0.890. The highest BCUT2D eigenvalue weighted by Crippen LogP contribution is 2.42. The molecule has 0 aliphatic carbocycles. The zero-order valence-electron chi connectivity index (χ0n) is 10.6. The van der Waals surface area contributed by atoms with E-state index in [2.05, 4.69) is 0 Å². The molecule has 2 aliphatic heterocycles. The van der Waals surface area contributed by atoms with Crippen LogP contribution in [0.25, 0.3) is 0 Å². The molecule has 2 heterocycles. The number of hydrogen-bond acceptors (Lipinski definition) is 3. The van der Waals surface area contributed by atoms with Crippen molar-refractivity contribution in [1.82, 2.24) is 0 Å². The number of ether oxygens (including phenoxy) is 1. The molecule has 1 aromatic rings. The van der Waals surface area contributed by atoms with Gasteiger partial charge in [0.05, 0.1) is 11.3 Å². The zero-order valence-corrected chi connectivity index (χ0v) is 10.6. The van der Waals surface area contributed by atoms with Gasteiger partial charge < -0.3 is 14.7 Å². The second kappa shape index (κ2) is 4.49. The van der Waals surface area contributed by atoms with E-state index in [1.54, 1.807) is 6.07 Å². The van der Waals surface area contributed by atoms with Crippen LogP contribution in [0.1, 0.15) is 23.2 Å². The van der Waals surface area contributed by atoms with Crippen molar-refractivity contribution in [2.75, 3.05) is 31.2 Å². The summed E-state index contributed by atoms with van der Waals surface area (Å²) in [5.74, 6) is -1.59. The highest BCUT2D eigenvalue weighted by Gasteiger charge is 2.44. The number of halogens is 1. The Labute approximate surface area is 110 Å². The van der Waals surface area contributed by atoms with Gasteiger partial charge in [-0.05, 0) is 31.0 Å². The largest absolute Gasteiger partial charge is 0.478 e. The van der Waals surface area contributed by atoms with Crippen LogP contribution in [0.5, 0.6) is 0 Å². The summed E-state index contributed by atoms with van der Waals surface area (Å²) in [6, 6.07) is 3.97. The minimum Gasteiger partial charge on any atom is -0.478 e. The maximum atomic E-state index is 13.1. The highest BCUT2D eigenvalue weighted by atomic mass is 19.1. The highest BCUT2D eigenvalue weighted by molar-refractivity contribution is 5.94. The third-order valence-corrected chi connectivity index (χ3v) is 4.14. The maximum Gasteiger partial charge on any atom is 0.337 e. The van der Waals surface area contributed by atoms with Gasteiger partial charge in [0.15, 0.2) is 0 Å². The van der Waals surface area contributed by atoms with Crippen molar-refractivity contribution < 1.29 is 19.0 Å². The molecule has 4 nitrogen and oxygen atoms in total. The molecule has 0 aromatic heterocycles. The van der Waals surface area contributed by atoms with Gasteiger partial charge in [-0.1, -0.05) is 0 Å². The smallest absolute Gasteiger partial charge is 0.337 e. The molecule has 2 saturated heterocycles. The molecular weight excluding hydrogens is 249 g/mol.